The topological polar surface area (TPSA) is 70.3 Å². The van der Waals surface area contributed by atoms with Crippen LogP contribution in [0.3, 0.4) is 0 Å². The Hall–Kier alpha value is -8.33. The van der Waals surface area contributed by atoms with Gasteiger partial charge in [0.05, 0.1) is 48.3 Å². The quantitative estimate of drug-likeness (QED) is 0.167. The van der Waals surface area contributed by atoms with Crippen molar-refractivity contribution in [1.82, 2.24) is 14.1 Å². The number of nitriles is 2. The van der Waals surface area contributed by atoms with Crippen LogP contribution in [0.5, 0.6) is 0 Å². The highest BCUT2D eigenvalue weighted by molar-refractivity contribution is 7.27. The Bertz CT molecular complexity index is 4090. The van der Waals surface area contributed by atoms with Crippen LogP contribution in [0.15, 0.2) is 182 Å². The molecule has 0 fully saturated rings. The number of hydrogen-bond donors (Lipinski definition) is 0. The van der Waals surface area contributed by atoms with Crippen LogP contribution in [0.25, 0.3) is 118 Å². The van der Waals surface area contributed by atoms with E-state index in [0.717, 1.165) is 93.7 Å². The third-order valence-electron chi connectivity index (χ3n) is 13.2. The highest BCUT2D eigenvalue weighted by atomic mass is 32.1. The molecule has 0 bridgehead atoms. The minimum absolute atomic E-state index is 0.449. The van der Waals surface area contributed by atoms with Gasteiger partial charge < -0.3 is 4.57 Å². The van der Waals surface area contributed by atoms with Crippen molar-refractivity contribution >= 4 is 95.9 Å². The Morgan fingerprint density at radius 2 is 0.955 bits per heavy atom. The summed E-state index contributed by atoms with van der Waals surface area (Å²) >= 11 is 3.59. The fourth-order valence-electron chi connectivity index (χ4n) is 10.4. The molecule has 0 saturated heterocycles. The summed E-state index contributed by atoms with van der Waals surface area (Å²) in [5.74, 6) is 0.977. The molecule has 0 aliphatic carbocycles. The molecular formula is C59H35N5S2. The van der Waals surface area contributed by atoms with Crippen LogP contribution >= 0.6 is 22.7 Å². The first-order valence-corrected chi connectivity index (χ1v) is 23.7. The van der Waals surface area contributed by atoms with E-state index < -0.39 is 0 Å². The van der Waals surface area contributed by atoms with Crippen LogP contribution in [0.4, 0.5) is 0 Å². The Morgan fingerprint density at radius 1 is 0.455 bits per heavy atom. The highest BCUT2D eigenvalue weighted by Gasteiger charge is 2.31. The molecule has 0 saturated carbocycles. The minimum atomic E-state index is 0.449. The van der Waals surface area contributed by atoms with Crippen LogP contribution in [0.2, 0.25) is 0 Å². The summed E-state index contributed by atoms with van der Waals surface area (Å²) in [6, 6.07) is 69.0. The van der Waals surface area contributed by atoms with Gasteiger partial charge in [-0.1, -0.05) is 153 Å². The highest BCUT2D eigenvalue weighted by Crippen LogP contribution is 2.52. The average molecular weight is 878 g/mol. The Labute approximate surface area is 387 Å². The first-order chi connectivity index (χ1) is 32.6. The van der Waals surface area contributed by atoms with E-state index in [1.165, 1.54) is 30.9 Å². The van der Waals surface area contributed by atoms with Gasteiger partial charge in [0.25, 0.3) is 0 Å². The first kappa shape index (κ1) is 38.2. The molecule has 13 rings (SSSR count). The second-order valence-electron chi connectivity index (χ2n) is 16.6. The molecule has 4 aromatic heterocycles. The van der Waals surface area contributed by atoms with Crippen molar-refractivity contribution in [2.75, 3.05) is 0 Å². The number of imidazole rings is 1. The maximum atomic E-state index is 11.9. The van der Waals surface area contributed by atoms with E-state index in [2.05, 4.69) is 156 Å². The number of para-hydroxylation sites is 2. The minimum Gasteiger partial charge on any atom is -0.304 e. The van der Waals surface area contributed by atoms with Gasteiger partial charge in [-0.3, -0.25) is 4.57 Å². The fraction of sp³-hybridized carbons (Fsp3) is 0.0339. The number of thiophene rings is 2. The van der Waals surface area contributed by atoms with Gasteiger partial charge in [0, 0.05) is 70.5 Å². The molecule has 13 aromatic rings. The largest absolute Gasteiger partial charge is 0.304 e. The van der Waals surface area contributed by atoms with Crippen molar-refractivity contribution in [2.24, 2.45) is 0 Å². The zero-order chi connectivity index (χ0) is 44.0. The zero-order valence-corrected chi connectivity index (χ0v) is 37.2. The predicted molar refractivity (Wildman–Crippen MR) is 276 cm³/mol. The molecule has 0 aliphatic rings. The molecular weight excluding hydrogens is 843 g/mol. The molecule has 4 heterocycles. The molecule has 0 atom stereocenters. The van der Waals surface area contributed by atoms with Crippen molar-refractivity contribution in [3.8, 4) is 56.9 Å². The molecule has 0 radical (unpaired) electrons. The lowest BCUT2D eigenvalue weighted by molar-refractivity contribution is 0.908. The zero-order valence-electron chi connectivity index (χ0n) is 35.6. The Balaban J connectivity index is 1.25. The lowest BCUT2D eigenvalue weighted by atomic mass is 9.81. The van der Waals surface area contributed by atoms with Crippen LogP contribution < -0.4 is 0 Å². The van der Waals surface area contributed by atoms with Crippen molar-refractivity contribution in [1.29, 1.82) is 10.5 Å². The van der Waals surface area contributed by atoms with E-state index in [9.17, 15) is 10.5 Å². The van der Waals surface area contributed by atoms with Gasteiger partial charge in [-0.2, -0.15) is 10.5 Å². The molecule has 0 aliphatic heterocycles. The number of nitrogens with zero attached hydrogens (tertiary/aromatic N) is 5. The molecule has 7 heteroatoms. The van der Waals surface area contributed by atoms with Gasteiger partial charge in [-0.25, -0.2) is 4.98 Å². The first-order valence-electron chi connectivity index (χ1n) is 22.1. The standard InChI is InChI=1S/C59H35N5S2/c1-2-51-62-47-21-11-12-22-48(47)63(51)38-27-25-37(26-28-38)53-45(33-60)52(35-15-5-3-6-16-35)46(34-61)55(54(53)36-17-7-4-8-18-36)64-56-41(29-31-43-39-19-9-13-23-49(39)65-58(43)56)42-30-32-44-40-20-10-14-24-50(40)66-59(44)57(42)64/h3-32H,2H2,1H3. The maximum Gasteiger partial charge on any atom is 0.114 e. The lowest BCUT2D eigenvalue weighted by Gasteiger charge is -2.25. The average Bonchev–Trinajstić information content (AvgIpc) is 4.15. The second-order valence-corrected chi connectivity index (χ2v) is 18.7. The Morgan fingerprint density at radius 3 is 1.53 bits per heavy atom. The van der Waals surface area contributed by atoms with Crippen molar-refractivity contribution in [2.45, 2.75) is 13.3 Å². The fourth-order valence-corrected chi connectivity index (χ4v) is 12.9. The van der Waals surface area contributed by atoms with E-state index in [-0.39, 0.29) is 0 Å². The molecule has 0 spiro atoms. The monoisotopic (exact) mass is 877 g/mol. The molecule has 9 aromatic carbocycles. The van der Waals surface area contributed by atoms with E-state index in [0.29, 0.717) is 16.7 Å². The van der Waals surface area contributed by atoms with Crippen LogP contribution in [-0.2, 0) is 6.42 Å². The van der Waals surface area contributed by atoms with Gasteiger partial charge in [0.2, 0.25) is 0 Å². The number of hydrogen-bond acceptors (Lipinski definition) is 5. The number of rotatable bonds is 6. The second kappa shape index (κ2) is 14.9. The molecule has 66 heavy (non-hydrogen) atoms. The normalized spacial score (nSPS) is 11.7. The summed E-state index contributed by atoms with van der Waals surface area (Å²) in [7, 11) is 0. The van der Waals surface area contributed by atoms with Crippen molar-refractivity contribution in [3.63, 3.8) is 0 Å². The van der Waals surface area contributed by atoms with Crippen molar-refractivity contribution in [3.05, 3.63) is 199 Å². The molecule has 0 N–H and O–H groups in total. The summed E-state index contributed by atoms with van der Waals surface area (Å²) in [6.07, 6.45) is 0.769. The number of benzene rings is 9. The molecule has 0 unspecified atom stereocenters. The summed E-state index contributed by atoms with van der Waals surface area (Å²) < 4.78 is 9.35. The van der Waals surface area contributed by atoms with E-state index in [1.54, 1.807) is 22.7 Å². The van der Waals surface area contributed by atoms with Gasteiger partial charge in [-0.05, 0) is 53.1 Å². The summed E-state index contributed by atoms with van der Waals surface area (Å²) in [4.78, 5) is 4.98. The van der Waals surface area contributed by atoms with Crippen molar-refractivity contribution < 1.29 is 0 Å². The maximum absolute atomic E-state index is 11.9. The summed E-state index contributed by atoms with van der Waals surface area (Å²) in [5, 5.41) is 30.5. The third kappa shape index (κ3) is 5.45. The molecule has 0 amide bonds. The smallest absolute Gasteiger partial charge is 0.114 e. The summed E-state index contributed by atoms with van der Waals surface area (Å²) in [5.41, 5.74) is 11.5. The number of fused-ring (bicyclic) bond motifs is 12. The SMILES string of the molecule is CCc1nc2ccccc2n1-c1ccc(-c2c(C#N)c(-c3ccccc3)c(C#N)c(-n3c4c(ccc5c6ccccc6sc54)c4ccc5c6ccccc6sc5c43)c2-c2ccccc2)cc1. The van der Waals surface area contributed by atoms with E-state index in [1.807, 2.05) is 54.6 Å². The van der Waals surface area contributed by atoms with Gasteiger partial charge in [-0.15, -0.1) is 22.7 Å². The van der Waals surface area contributed by atoms with Crippen LogP contribution in [0.1, 0.15) is 23.9 Å². The molecule has 5 nitrogen and oxygen atoms in total. The number of aromatic nitrogens is 3. The third-order valence-corrected chi connectivity index (χ3v) is 15.6. The number of aryl methyl sites for hydroxylation is 1. The van der Waals surface area contributed by atoms with E-state index in [4.69, 9.17) is 4.98 Å². The van der Waals surface area contributed by atoms with E-state index >= 15 is 0 Å². The van der Waals surface area contributed by atoms with Crippen LogP contribution in [-0.4, -0.2) is 14.1 Å². The molecule has 308 valence electrons. The Kier molecular flexibility index (Phi) is 8.60. The van der Waals surface area contributed by atoms with Gasteiger partial charge in [0.15, 0.2) is 0 Å². The van der Waals surface area contributed by atoms with Gasteiger partial charge in [0.1, 0.15) is 18.0 Å². The van der Waals surface area contributed by atoms with Crippen LogP contribution in [0, 0.1) is 22.7 Å². The van der Waals surface area contributed by atoms with Gasteiger partial charge >= 0.3 is 0 Å². The lowest BCUT2D eigenvalue weighted by Crippen LogP contribution is -2.08. The predicted octanol–water partition coefficient (Wildman–Crippen LogP) is 16.2. The summed E-state index contributed by atoms with van der Waals surface area (Å²) in [6.45, 7) is 2.13.